The van der Waals surface area contributed by atoms with Crippen molar-refractivity contribution in [1.82, 2.24) is 0 Å². The van der Waals surface area contributed by atoms with Crippen LogP contribution in [-0.4, -0.2) is 25.5 Å². The number of rotatable bonds is 9. The molecule has 0 amide bonds. The summed E-state index contributed by atoms with van der Waals surface area (Å²) in [7, 11) is 0. The monoisotopic (exact) mass is 310 g/mol. The highest BCUT2D eigenvalue weighted by Gasteiger charge is 2.33. The topological polar surface area (TPSA) is 64.3 Å². The Morgan fingerprint density at radius 2 is 2.19 bits per heavy atom. The first-order chi connectivity index (χ1) is 10.1. The molecule has 0 aromatic carbocycles. The number of nitrogens with two attached hydrogens (primary N) is 1. The minimum absolute atomic E-state index is 0.0104. The highest BCUT2D eigenvalue weighted by Crippen LogP contribution is 2.51. The van der Waals surface area contributed by atoms with Gasteiger partial charge in [-0.05, 0) is 32.1 Å². The first-order valence-electron chi connectivity index (χ1n) is 7.84. The van der Waals surface area contributed by atoms with Crippen LogP contribution >= 0.6 is 11.3 Å². The SMILES string of the molecule is CCOCCCNc1sc(C(=O)C(C)C)c(N)c1C1CC1. The van der Waals surface area contributed by atoms with E-state index in [4.69, 9.17) is 10.5 Å². The molecule has 2 rings (SSSR count). The van der Waals surface area contributed by atoms with Crippen molar-refractivity contribution < 1.29 is 9.53 Å². The molecule has 118 valence electrons. The summed E-state index contributed by atoms with van der Waals surface area (Å²) < 4.78 is 5.34. The van der Waals surface area contributed by atoms with Crippen LogP contribution in [0.3, 0.4) is 0 Å². The van der Waals surface area contributed by atoms with E-state index in [9.17, 15) is 4.79 Å². The summed E-state index contributed by atoms with van der Waals surface area (Å²) in [6, 6.07) is 0. The van der Waals surface area contributed by atoms with Crippen molar-refractivity contribution in [3.8, 4) is 0 Å². The van der Waals surface area contributed by atoms with Gasteiger partial charge < -0.3 is 15.8 Å². The van der Waals surface area contributed by atoms with Gasteiger partial charge in [-0.15, -0.1) is 11.3 Å². The van der Waals surface area contributed by atoms with Crippen LogP contribution in [0, 0.1) is 5.92 Å². The fourth-order valence-electron chi connectivity index (χ4n) is 2.33. The molecule has 0 saturated heterocycles. The quantitative estimate of drug-likeness (QED) is 0.536. The minimum atomic E-state index is -0.0104. The van der Waals surface area contributed by atoms with Gasteiger partial charge in [0.15, 0.2) is 5.78 Å². The standard InChI is InChI=1S/C16H26N2O2S/c1-4-20-9-5-8-18-16-12(11-6-7-11)13(17)15(21-16)14(19)10(2)3/h10-11,18H,4-9,17H2,1-3H3. The Labute approximate surface area is 131 Å². The second kappa shape index (κ2) is 7.27. The lowest BCUT2D eigenvalue weighted by atomic mass is 10.0. The number of thiophene rings is 1. The average Bonchev–Trinajstić information content (AvgIpc) is 3.22. The lowest BCUT2D eigenvalue weighted by Gasteiger charge is -2.07. The number of ether oxygens (including phenoxy) is 1. The second-order valence-corrected chi connectivity index (χ2v) is 6.88. The van der Waals surface area contributed by atoms with Crippen LogP contribution in [-0.2, 0) is 4.74 Å². The lowest BCUT2D eigenvalue weighted by molar-refractivity contribution is 0.0944. The van der Waals surface area contributed by atoms with Gasteiger partial charge in [-0.3, -0.25) is 4.79 Å². The van der Waals surface area contributed by atoms with Crippen LogP contribution in [0.15, 0.2) is 0 Å². The molecule has 0 radical (unpaired) electrons. The maximum Gasteiger partial charge on any atom is 0.177 e. The molecule has 1 aromatic heterocycles. The van der Waals surface area contributed by atoms with Crippen LogP contribution in [0.25, 0.3) is 0 Å². The molecule has 1 aliphatic rings. The smallest absolute Gasteiger partial charge is 0.177 e. The molecule has 1 saturated carbocycles. The molecule has 0 atom stereocenters. The van der Waals surface area contributed by atoms with Gasteiger partial charge in [-0.25, -0.2) is 0 Å². The normalized spacial score (nSPS) is 14.7. The third-order valence-corrected chi connectivity index (χ3v) is 4.87. The van der Waals surface area contributed by atoms with E-state index in [2.05, 4.69) is 5.32 Å². The number of nitrogen functional groups attached to an aromatic ring is 1. The number of hydrogen-bond acceptors (Lipinski definition) is 5. The third kappa shape index (κ3) is 3.98. The number of Topliss-reactive ketones (excluding diaryl/α,β-unsaturated/α-hetero) is 1. The summed E-state index contributed by atoms with van der Waals surface area (Å²) >= 11 is 1.53. The molecular formula is C16H26N2O2S. The molecule has 0 unspecified atom stereocenters. The van der Waals surface area contributed by atoms with E-state index in [1.807, 2.05) is 20.8 Å². The number of nitrogens with one attached hydrogen (secondary N) is 1. The number of anilines is 2. The van der Waals surface area contributed by atoms with Crippen molar-refractivity contribution in [2.45, 2.75) is 46.0 Å². The van der Waals surface area contributed by atoms with E-state index in [1.54, 1.807) is 0 Å². The van der Waals surface area contributed by atoms with E-state index in [1.165, 1.54) is 29.7 Å². The van der Waals surface area contributed by atoms with Crippen LogP contribution < -0.4 is 11.1 Å². The van der Waals surface area contributed by atoms with Gasteiger partial charge in [0.2, 0.25) is 0 Å². The van der Waals surface area contributed by atoms with Crippen LogP contribution in [0.2, 0.25) is 0 Å². The average molecular weight is 310 g/mol. The number of ketones is 1. The van der Waals surface area contributed by atoms with Gasteiger partial charge in [-0.1, -0.05) is 13.8 Å². The first-order valence-corrected chi connectivity index (χ1v) is 8.65. The van der Waals surface area contributed by atoms with Gasteiger partial charge in [0.1, 0.15) is 0 Å². The van der Waals surface area contributed by atoms with Crippen molar-refractivity contribution in [2.24, 2.45) is 5.92 Å². The Morgan fingerprint density at radius 3 is 2.76 bits per heavy atom. The maximum absolute atomic E-state index is 12.3. The van der Waals surface area contributed by atoms with Crippen molar-refractivity contribution in [2.75, 3.05) is 30.8 Å². The van der Waals surface area contributed by atoms with Crippen molar-refractivity contribution in [3.63, 3.8) is 0 Å². The van der Waals surface area contributed by atoms with Crippen LogP contribution in [0.5, 0.6) is 0 Å². The summed E-state index contributed by atoms with van der Waals surface area (Å²) in [6.07, 6.45) is 3.33. The summed E-state index contributed by atoms with van der Waals surface area (Å²) in [4.78, 5) is 13.0. The van der Waals surface area contributed by atoms with E-state index in [0.29, 0.717) is 11.6 Å². The molecule has 0 spiro atoms. The summed E-state index contributed by atoms with van der Waals surface area (Å²) in [6.45, 7) is 8.23. The Morgan fingerprint density at radius 1 is 1.48 bits per heavy atom. The minimum Gasteiger partial charge on any atom is -0.397 e. The molecule has 4 nitrogen and oxygen atoms in total. The molecule has 0 bridgehead atoms. The second-order valence-electron chi connectivity index (χ2n) is 5.86. The summed E-state index contributed by atoms with van der Waals surface area (Å²) in [5.74, 6) is 0.690. The van der Waals surface area contributed by atoms with E-state index in [0.717, 1.165) is 36.1 Å². The summed E-state index contributed by atoms with van der Waals surface area (Å²) in [5, 5.41) is 4.55. The number of carbonyl (C=O) groups is 1. The van der Waals surface area contributed by atoms with Gasteiger partial charge >= 0.3 is 0 Å². The molecule has 1 aromatic rings. The van der Waals surface area contributed by atoms with Gasteiger partial charge in [0.25, 0.3) is 0 Å². The van der Waals surface area contributed by atoms with Crippen molar-refractivity contribution >= 4 is 27.8 Å². The molecule has 3 N–H and O–H groups in total. The molecule has 0 aliphatic heterocycles. The van der Waals surface area contributed by atoms with E-state index in [-0.39, 0.29) is 11.7 Å². The fraction of sp³-hybridized carbons (Fsp3) is 0.688. The van der Waals surface area contributed by atoms with Gasteiger partial charge in [0.05, 0.1) is 15.6 Å². The Hall–Kier alpha value is -1.07. The van der Waals surface area contributed by atoms with Crippen molar-refractivity contribution in [3.05, 3.63) is 10.4 Å². The predicted octanol–water partition coefficient (Wildman–Crippen LogP) is 3.88. The molecule has 1 fully saturated rings. The first kappa shape index (κ1) is 16.3. The largest absolute Gasteiger partial charge is 0.397 e. The molecule has 1 heterocycles. The van der Waals surface area contributed by atoms with Crippen molar-refractivity contribution in [1.29, 1.82) is 0 Å². The number of hydrogen-bond donors (Lipinski definition) is 2. The summed E-state index contributed by atoms with van der Waals surface area (Å²) in [5.41, 5.74) is 8.16. The van der Waals surface area contributed by atoms with Gasteiger partial charge in [0, 0.05) is 31.2 Å². The van der Waals surface area contributed by atoms with Crippen LogP contribution in [0.1, 0.15) is 61.2 Å². The molecule has 5 heteroatoms. The van der Waals surface area contributed by atoms with E-state index < -0.39 is 0 Å². The highest BCUT2D eigenvalue weighted by atomic mass is 32.1. The highest BCUT2D eigenvalue weighted by molar-refractivity contribution is 7.18. The zero-order chi connectivity index (χ0) is 15.4. The Kier molecular flexibility index (Phi) is 5.65. The number of carbonyl (C=O) groups excluding carboxylic acids is 1. The fourth-order valence-corrected chi connectivity index (χ4v) is 3.65. The Balaban J connectivity index is 2.08. The zero-order valence-corrected chi connectivity index (χ0v) is 14.0. The van der Waals surface area contributed by atoms with Gasteiger partial charge in [-0.2, -0.15) is 0 Å². The Bertz CT molecular complexity index is 493. The third-order valence-electron chi connectivity index (χ3n) is 3.67. The zero-order valence-electron chi connectivity index (χ0n) is 13.2. The predicted molar refractivity (Wildman–Crippen MR) is 89.5 cm³/mol. The van der Waals surface area contributed by atoms with E-state index >= 15 is 0 Å². The molecular weight excluding hydrogens is 284 g/mol. The molecule has 21 heavy (non-hydrogen) atoms. The molecule has 1 aliphatic carbocycles. The van der Waals surface area contributed by atoms with Crippen LogP contribution in [0.4, 0.5) is 10.7 Å². The lowest BCUT2D eigenvalue weighted by Crippen LogP contribution is -2.08. The maximum atomic E-state index is 12.3.